The Morgan fingerprint density at radius 2 is 2.15 bits per heavy atom. The van der Waals surface area contributed by atoms with Gasteiger partial charge in [0, 0.05) is 12.6 Å². The van der Waals surface area contributed by atoms with Crippen molar-refractivity contribution in [3.63, 3.8) is 0 Å². The molecule has 106 valence electrons. The number of hydrogen-bond acceptors (Lipinski definition) is 4. The highest BCUT2D eigenvalue weighted by Crippen LogP contribution is 2.13. The lowest BCUT2D eigenvalue weighted by Gasteiger charge is -2.13. The van der Waals surface area contributed by atoms with Gasteiger partial charge in [0.25, 0.3) is 0 Å². The largest absolute Gasteiger partial charge is 0.311 e. The Hall–Kier alpha value is -2.24. The molecule has 0 aliphatic heterocycles. The summed E-state index contributed by atoms with van der Waals surface area (Å²) in [6.45, 7) is 7.63. The minimum absolute atomic E-state index is 0.0407. The first-order valence-electron chi connectivity index (χ1n) is 6.58. The molecule has 2 heterocycles. The Morgan fingerprint density at radius 3 is 2.75 bits per heavy atom. The van der Waals surface area contributed by atoms with Crippen LogP contribution in [0.5, 0.6) is 0 Å². The molecule has 1 atom stereocenters. The molecular formula is C14H19N5O. The van der Waals surface area contributed by atoms with E-state index in [4.69, 9.17) is 0 Å². The van der Waals surface area contributed by atoms with Crippen molar-refractivity contribution in [2.45, 2.75) is 40.2 Å². The van der Waals surface area contributed by atoms with Gasteiger partial charge in [-0.05, 0) is 45.4 Å². The number of rotatable bonds is 4. The molecule has 0 fully saturated rings. The monoisotopic (exact) mass is 273 g/mol. The molecule has 6 nitrogen and oxygen atoms in total. The molecule has 20 heavy (non-hydrogen) atoms. The Balaban J connectivity index is 1.99. The molecule has 0 radical (unpaired) electrons. The third-order valence-corrected chi connectivity index (χ3v) is 2.99. The number of anilines is 1. The summed E-state index contributed by atoms with van der Waals surface area (Å²) in [5, 5.41) is 7.09. The van der Waals surface area contributed by atoms with Crippen molar-refractivity contribution in [1.82, 2.24) is 19.7 Å². The first-order chi connectivity index (χ1) is 9.45. The predicted molar refractivity (Wildman–Crippen MR) is 76.4 cm³/mol. The van der Waals surface area contributed by atoms with Crippen LogP contribution in [0, 0.1) is 20.8 Å². The van der Waals surface area contributed by atoms with Gasteiger partial charge in [0.05, 0.1) is 6.04 Å². The van der Waals surface area contributed by atoms with Gasteiger partial charge in [-0.15, -0.1) is 0 Å². The van der Waals surface area contributed by atoms with E-state index in [0.29, 0.717) is 12.2 Å². The molecule has 1 amide bonds. The van der Waals surface area contributed by atoms with Gasteiger partial charge < -0.3 is 5.32 Å². The highest BCUT2D eigenvalue weighted by molar-refractivity contribution is 5.90. The van der Waals surface area contributed by atoms with Gasteiger partial charge in [-0.25, -0.2) is 14.6 Å². The predicted octanol–water partition coefficient (Wildman–Crippen LogP) is 2.19. The average molecular weight is 273 g/mol. The lowest BCUT2D eigenvalue weighted by Crippen LogP contribution is -2.19. The quantitative estimate of drug-likeness (QED) is 0.926. The van der Waals surface area contributed by atoms with Crippen molar-refractivity contribution in [3.05, 3.63) is 35.5 Å². The van der Waals surface area contributed by atoms with Crippen molar-refractivity contribution in [1.29, 1.82) is 0 Å². The van der Waals surface area contributed by atoms with Gasteiger partial charge in [0.1, 0.15) is 17.5 Å². The van der Waals surface area contributed by atoms with E-state index in [1.165, 1.54) is 0 Å². The summed E-state index contributed by atoms with van der Waals surface area (Å²) in [5.41, 5.74) is 1.06. The lowest BCUT2D eigenvalue weighted by atomic mass is 10.2. The van der Waals surface area contributed by atoms with Crippen LogP contribution < -0.4 is 5.32 Å². The molecule has 2 rings (SSSR count). The fourth-order valence-corrected chi connectivity index (χ4v) is 2.11. The van der Waals surface area contributed by atoms with Crippen LogP contribution in [0.15, 0.2) is 18.3 Å². The maximum absolute atomic E-state index is 12.0. The SMILES string of the molecule is Cc1ccnc(NC(=O)C[C@H](C)n2nc(C)nc2C)c1. The number of nitrogens with one attached hydrogen (secondary N) is 1. The summed E-state index contributed by atoms with van der Waals surface area (Å²) < 4.78 is 1.78. The average Bonchev–Trinajstić information content (AvgIpc) is 2.68. The molecule has 0 aliphatic rings. The standard InChI is InChI=1S/C14H19N5O/c1-9-5-6-15-13(7-9)17-14(20)8-10(2)19-12(4)16-11(3)18-19/h5-7,10H,8H2,1-4H3,(H,15,17,20)/t10-/m0/s1. The van der Waals surface area contributed by atoms with Crippen LogP contribution in [0.1, 0.15) is 36.6 Å². The lowest BCUT2D eigenvalue weighted by molar-refractivity contribution is -0.116. The van der Waals surface area contributed by atoms with Crippen LogP contribution in [0.25, 0.3) is 0 Å². The summed E-state index contributed by atoms with van der Waals surface area (Å²) in [6, 6.07) is 3.69. The van der Waals surface area contributed by atoms with E-state index >= 15 is 0 Å². The Labute approximate surface area is 118 Å². The molecule has 0 spiro atoms. The molecule has 2 aromatic rings. The van der Waals surface area contributed by atoms with Crippen LogP contribution in [-0.2, 0) is 4.79 Å². The summed E-state index contributed by atoms with van der Waals surface area (Å²) in [6.07, 6.45) is 2.01. The number of nitrogens with zero attached hydrogens (tertiary/aromatic N) is 4. The Bertz CT molecular complexity index is 620. The molecular weight excluding hydrogens is 254 g/mol. The minimum atomic E-state index is -0.0804. The van der Waals surface area contributed by atoms with Gasteiger partial charge in [0.15, 0.2) is 0 Å². The normalized spacial score (nSPS) is 12.2. The zero-order chi connectivity index (χ0) is 14.7. The third-order valence-electron chi connectivity index (χ3n) is 2.99. The van der Waals surface area contributed by atoms with Crippen molar-refractivity contribution >= 4 is 11.7 Å². The third kappa shape index (κ3) is 3.40. The molecule has 0 aliphatic carbocycles. The van der Waals surface area contributed by atoms with Crippen molar-refractivity contribution < 1.29 is 4.79 Å². The van der Waals surface area contributed by atoms with Gasteiger partial charge in [-0.1, -0.05) is 0 Å². The highest BCUT2D eigenvalue weighted by Gasteiger charge is 2.15. The van der Waals surface area contributed by atoms with E-state index in [2.05, 4.69) is 20.4 Å². The molecule has 0 bridgehead atoms. The Morgan fingerprint density at radius 1 is 1.40 bits per heavy atom. The number of hydrogen-bond donors (Lipinski definition) is 1. The topological polar surface area (TPSA) is 72.7 Å². The molecule has 0 aromatic carbocycles. The molecule has 6 heteroatoms. The summed E-state index contributed by atoms with van der Waals surface area (Å²) >= 11 is 0. The van der Waals surface area contributed by atoms with Crippen LogP contribution in [0.4, 0.5) is 5.82 Å². The van der Waals surface area contributed by atoms with Gasteiger partial charge in [-0.3, -0.25) is 4.79 Å². The van der Waals surface area contributed by atoms with E-state index in [1.54, 1.807) is 10.9 Å². The van der Waals surface area contributed by atoms with E-state index in [-0.39, 0.29) is 11.9 Å². The number of carbonyl (C=O) groups excluding carboxylic acids is 1. The number of carbonyl (C=O) groups is 1. The summed E-state index contributed by atoms with van der Waals surface area (Å²) in [5.74, 6) is 2.03. The zero-order valence-corrected chi connectivity index (χ0v) is 12.2. The minimum Gasteiger partial charge on any atom is -0.311 e. The smallest absolute Gasteiger partial charge is 0.227 e. The molecule has 2 aromatic heterocycles. The highest BCUT2D eigenvalue weighted by atomic mass is 16.1. The first-order valence-corrected chi connectivity index (χ1v) is 6.58. The number of amides is 1. The van der Waals surface area contributed by atoms with E-state index in [1.807, 2.05) is 39.8 Å². The second-order valence-corrected chi connectivity index (χ2v) is 4.97. The molecule has 0 unspecified atom stereocenters. The van der Waals surface area contributed by atoms with E-state index in [0.717, 1.165) is 17.2 Å². The van der Waals surface area contributed by atoms with Crippen LogP contribution in [-0.4, -0.2) is 25.7 Å². The van der Waals surface area contributed by atoms with Crippen LogP contribution in [0.3, 0.4) is 0 Å². The number of pyridine rings is 1. The Kier molecular flexibility index (Phi) is 4.12. The van der Waals surface area contributed by atoms with Gasteiger partial charge in [0.2, 0.25) is 5.91 Å². The van der Waals surface area contributed by atoms with Crippen molar-refractivity contribution in [3.8, 4) is 0 Å². The fourth-order valence-electron chi connectivity index (χ4n) is 2.11. The number of aromatic nitrogens is 4. The number of aryl methyl sites for hydroxylation is 3. The fraction of sp³-hybridized carbons (Fsp3) is 0.429. The van der Waals surface area contributed by atoms with Crippen molar-refractivity contribution in [2.24, 2.45) is 0 Å². The first kappa shape index (κ1) is 14.2. The van der Waals surface area contributed by atoms with Crippen molar-refractivity contribution in [2.75, 3.05) is 5.32 Å². The van der Waals surface area contributed by atoms with E-state index < -0.39 is 0 Å². The van der Waals surface area contributed by atoms with Gasteiger partial charge in [-0.2, -0.15) is 5.10 Å². The molecule has 0 saturated carbocycles. The summed E-state index contributed by atoms with van der Waals surface area (Å²) in [4.78, 5) is 20.4. The van der Waals surface area contributed by atoms with Crippen LogP contribution >= 0.6 is 0 Å². The zero-order valence-electron chi connectivity index (χ0n) is 12.2. The second-order valence-electron chi connectivity index (χ2n) is 4.97. The van der Waals surface area contributed by atoms with Crippen LogP contribution in [0.2, 0.25) is 0 Å². The van der Waals surface area contributed by atoms with Gasteiger partial charge >= 0.3 is 0 Å². The molecule has 0 saturated heterocycles. The second kappa shape index (κ2) is 5.81. The maximum atomic E-state index is 12.0. The molecule has 1 N–H and O–H groups in total. The maximum Gasteiger partial charge on any atom is 0.227 e. The summed E-state index contributed by atoms with van der Waals surface area (Å²) in [7, 11) is 0. The van der Waals surface area contributed by atoms with E-state index in [9.17, 15) is 4.79 Å².